The number of pyridine rings is 1. The monoisotopic (exact) mass is 447 g/mol. The summed E-state index contributed by atoms with van der Waals surface area (Å²) in [7, 11) is -4.45. The van der Waals surface area contributed by atoms with Gasteiger partial charge in [-0.3, -0.25) is 24.6 Å². The predicted octanol–water partition coefficient (Wildman–Crippen LogP) is 0.351. The van der Waals surface area contributed by atoms with E-state index in [1.54, 1.807) is 0 Å². The van der Waals surface area contributed by atoms with Crippen LogP contribution < -0.4 is 26.2 Å². The molecule has 1 aromatic heterocycles. The fourth-order valence-electron chi connectivity index (χ4n) is 4.28. The number of rotatable bonds is 4. The molecule has 11 heteroatoms. The number of hydrogen-bond donors (Lipinski definition) is 5. The number of aryl methyl sites for hydroxylation is 1. The molecule has 7 N–H and O–H groups in total. The molecular formula is C20H29N7O3S. The summed E-state index contributed by atoms with van der Waals surface area (Å²) in [6, 6.07) is -0.713. The van der Waals surface area contributed by atoms with Crippen LogP contribution in [0, 0.1) is 0 Å². The van der Waals surface area contributed by atoms with Crippen LogP contribution in [0.15, 0.2) is 16.1 Å². The lowest BCUT2D eigenvalue weighted by Gasteiger charge is -2.35. The molecule has 4 rings (SSSR count). The number of anilines is 1. The Morgan fingerprint density at radius 1 is 1.29 bits per heavy atom. The van der Waals surface area contributed by atoms with Crippen LogP contribution in [-0.4, -0.2) is 46.2 Å². The Morgan fingerprint density at radius 2 is 2.06 bits per heavy atom. The molecule has 0 bridgehead atoms. The van der Waals surface area contributed by atoms with E-state index in [1.807, 2.05) is 0 Å². The minimum Gasteiger partial charge on any atom is -0.391 e. The fraction of sp³-hybridized carbons (Fsp3) is 0.500. The van der Waals surface area contributed by atoms with Gasteiger partial charge in [-0.25, -0.2) is 9.00 Å². The van der Waals surface area contributed by atoms with Crippen molar-refractivity contribution in [1.29, 1.82) is 0 Å². The summed E-state index contributed by atoms with van der Waals surface area (Å²) in [6.45, 7) is 2.94. The highest BCUT2D eigenvalue weighted by Crippen LogP contribution is 2.41. The van der Waals surface area contributed by atoms with Gasteiger partial charge in [0.05, 0.1) is 21.7 Å². The Balaban J connectivity index is 1.59. The van der Waals surface area contributed by atoms with Crippen molar-refractivity contribution in [2.24, 2.45) is 15.9 Å². The van der Waals surface area contributed by atoms with Crippen LogP contribution in [0.3, 0.4) is 0 Å². The van der Waals surface area contributed by atoms with Gasteiger partial charge in [-0.05, 0) is 49.1 Å². The first-order valence-corrected chi connectivity index (χ1v) is 12.9. The minimum atomic E-state index is -4.45. The van der Waals surface area contributed by atoms with Crippen LogP contribution >= 0.6 is 0 Å². The molecule has 0 saturated carbocycles. The van der Waals surface area contributed by atoms with Crippen LogP contribution in [0.25, 0.3) is 0 Å². The lowest BCUT2D eigenvalue weighted by Crippen LogP contribution is -2.60. The average molecular weight is 448 g/mol. The Kier molecular flexibility index (Phi) is 5.13. The summed E-state index contributed by atoms with van der Waals surface area (Å²) in [5.41, 5.74) is 10.9. The molecule has 1 atom stereocenters. The molecule has 0 radical (unpaired) electrons. The van der Waals surface area contributed by atoms with Crippen molar-refractivity contribution >= 4 is 32.8 Å². The third-order valence-electron chi connectivity index (χ3n) is 6.01. The lowest BCUT2D eigenvalue weighted by atomic mass is 10.0. The maximum atomic E-state index is 13.4. The molecule has 2 heterocycles. The average Bonchev–Trinajstić information content (AvgIpc) is 3.30. The summed E-state index contributed by atoms with van der Waals surface area (Å²) < 4.78 is 15.8. The highest BCUT2D eigenvalue weighted by molar-refractivity contribution is 8.19. The van der Waals surface area contributed by atoms with E-state index in [9.17, 15) is 13.8 Å². The van der Waals surface area contributed by atoms with E-state index in [-0.39, 0.29) is 10.7 Å². The van der Waals surface area contributed by atoms with Crippen molar-refractivity contribution in [2.75, 3.05) is 24.7 Å². The molecule has 0 aromatic carbocycles. The summed E-state index contributed by atoms with van der Waals surface area (Å²) in [4.78, 5) is 33.7. The van der Waals surface area contributed by atoms with E-state index in [4.69, 9.17) is 15.9 Å². The zero-order chi connectivity index (χ0) is 22.4. The van der Waals surface area contributed by atoms with Crippen LogP contribution in [0.1, 0.15) is 48.2 Å². The molecule has 168 valence electrons. The molecule has 10 nitrogen and oxygen atoms in total. The summed E-state index contributed by atoms with van der Waals surface area (Å²) in [6.07, 6.45) is 6.84. The van der Waals surface area contributed by atoms with E-state index in [2.05, 4.69) is 27.3 Å². The molecule has 0 fully saturated rings. The molecule has 0 saturated heterocycles. The van der Waals surface area contributed by atoms with Gasteiger partial charge in [0.2, 0.25) is 0 Å². The second-order valence-corrected chi connectivity index (χ2v) is 12.1. The van der Waals surface area contributed by atoms with Gasteiger partial charge in [-0.1, -0.05) is 6.92 Å². The van der Waals surface area contributed by atoms with E-state index in [0.29, 0.717) is 19.0 Å². The molecule has 31 heavy (non-hydrogen) atoms. The first-order valence-electron chi connectivity index (χ1n) is 10.4. The van der Waals surface area contributed by atoms with Crippen LogP contribution in [0.2, 0.25) is 0 Å². The first kappa shape index (κ1) is 21.4. The summed E-state index contributed by atoms with van der Waals surface area (Å²) in [5.74, 6) is -0.0951. The number of nitrogens with one attached hydrogen (secondary N) is 3. The largest absolute Gasteiger partial charge is 0.391 e. The maximum absolute atomic E-state index is 13.4. The van der Waals surface area contributed by atoms with Crippen LogP contribution in [0.4, 0.5) is 10.5 Å². The number of carbonyl (C=O) groups excluding carboxylic acids is 2. The van der Waals surface area contributed by atoms with E-state index in [1.165, 1.54) is 0 Å². The van der Waals surface area contributed by atoms with E-state index in [0.717, 1.165) is 72.6 Å². The minimum absolute atomic E-state index is 0.0240. The zero-order valence-electron chi connectivity index (χ0n) is 17.8. The van der Waals surface area contributed by atoms with Crippen molar-refractivity contribution < 1.29 is 13.8 Å². The maximum Gasteiger partial charge on any atom is 0.330 e. The molecule has 0 spiro atoms. The standard InChI is InChI=1S/C20H29N7O3S/c1-11-6-7-13-17(11)25-14-5-3-4-12(14)18(13)26-20(29)27-31(2,22,30)16(21)10-15-19(28)24-9-8-23-15/h10-11H,3-9,21H2,1-2H3,(H,24,28)(H4,22,25,26,27,29,30). The van der Waals surface area contributed by atoms with Gasteiger partial charge in [0.25, 0.3) is 5.91 Å². The summed E-state index contributed by atoms with van der Waals surface area (Å²) in [5, 5.41) is 11.2. The zero-order valence-corrected chi connectivity index (χ0v) is 18.6. The topological polar surface area (TPSA) is 165 Å². The van der Waals surface area contributed by atoms with Crippen molar-refractivity contribution in [3.05, 3.63) is 33.6 Å². The van der Waals surface area contributed by atoms with Crippen molar-refractivity contribution in [1.82, 2.24) is 15.0 Å². The fourth-order valence-corrected chi connectivity index (χ4v) is 5.32. The molecular weight excluding hydrogens is 418 g/mol. The molecule has 1 aliphatic heterocycles. The highest BCUT2D eigenvalue weighted by Gasteiger charge is 2.34. The van der Waals surface area contributed by atoms with E-state index >= 15 is 0 Å². The molecule has 1 aromatic rings. The number of nitrogens with zero attached hydrogens (tertiary/aromatic N) is 2. The third-order valence-corrected chi connectivity index (χ3v) is 8.00. The van der Waals surface area contributed by atoms with Gasteiger partial charge in [0.1, 0.15) is 10.7 Å². The SMILES string of the molecule is CC1CCc2c1nc1c(c2NC(=O)NS(C)(N)(=O)C(N)=CC2=NCCNC2=O)CCC1. The number of aromatic nitrogens is 1. The van der Waals surface area contributed by atoms with Gasteiger partial charge in [-0.2, -0.15) is 0 Å². The highest BCUT2D eigenvalue weighted by atomic mass is 32.3. The first-order chi connectivity index (χ1) is 14.5. The van der Waals surface area contributed by atoms with Crippen molar-refractivity contribution in [3.8, 4) is 0 Å². The van der Waals surface area contributed by atoms with Gasteiger partial charge < -0.3 is 16.4 Å². The smallest absolute Gasteiger partial charge is 0.330 e. The Hall–Kier alpha value is -2.79. The van der Waals surface area contributed by atoms with Crippen LogP contribution in [-0.2, 0) is 33.5 Å². The number of nitrogens with two attached hydrogens (primary N) is 2. The molecule has 1 unspecified atom stereocenters. The van der Waals surface area contributed by atoms with Crippen molar-refractivity contribution in [2.45, 2.75) is 44.9 Å². The van der Waals surface area contributed by atoms with Gasteiger partial charge in [-0.15, -0.1) is 0 Å². The second kappa shape index (κ2) is 7.41. The lowest BCUT2D eigenvalue weighted by molar-refractivity contribution is -0.114. The normalized spacial score (nSPS) is 22.0. The number of amides is 3. The molecule has 2 aliphatic carbocycles. The summed E-state index contributed by atoms with van der Waals surface area (Å²) >= 11 is 0. The Labute approximate surface area is 181 Å². The Bertz CT molecular complexity index is 1100. The number of hydrogen-bond acceptors (Lipinski definition) is 6. The number of fused-ring (bicyclic) bond motifs is 2. The molecule has 3 aliphatic rings. The Morgan fingerprint density at radius 3 is 2.81 bits per heavy atom. The van der Waals surface area contributed by atoms with E-state index < -0.39 is 21.4 Å². The van der Waals surface area contributed by atoms with Gasteiger partial charge in [0, 0.05) is 30.3 Å². The quantitative estimate of drug-likeness (QED) is 0.449. The van der Waals surface area contributed by atoms with Gasteiger partial charge in [0.15, 0.2) is 0 Å². The number of aliphatic imine (C=N–C) groups is 1. The van der Waals surface area contributed by atoms with Crippen LogP contribution in [0.5, 0.6) is 0 Å². The second-order valence-electron chi connectivity index (χ2n) is 8.61. The predicted molar refractivity (Wildman–Crippen MR) is 121 cm³/mol. The molecule has 3 amide bonds. The third kappa shape index (κ3) is 4.07. The number of urea groups is 1. The van der Waals surface area contributed by atoms with Crippen molar-refractivity contribution in [3.63, 3.8) is 0 Å². The number of carbonyl (C=O) groups is 2. The van der Waals surface area contributed by atoms with Gasteiger partial charge >= 0.3 is 6.03 Å².